The summed E-state index contributed by atoms with van der Waals surface area (Å²) in [5.41, 5.74) is 2.56. The normalized spacial score (nSPS) is 11.0. The number of hydrogen-bond donors (Lipinski definition) is 2. The van der Waals surface area contributed by atoms with Gasteiger partial charge in [-0.05, 0) is 43.2 Å². The zero-order chi connectivity index (χ0) is 23.4. The largest absolute Gasteiger partial charge is 0.323 e. The lowest BCUT2D eigenvalue weighted by atomic mass is 10.2. The second-order valence-corrected chi connectivity index (χ2v) is 8.81. The van der Waals surface area contributed by atoms with Crippen LogP contribution in [0.1, 0.15) is 24.6 Å². The van der Waals surface area contributed by atoms with Gasteiger partial charge in [0.25, 0.3) is 11.3 Å². The van der Waals surface area contributed by atoms with Crippen molar-refractivity contribution in [2.24, 2.45) is 0 Å². The summed E-state index contributed by atoms with van der Waals surface area (Å²) in [7, 11) is 0. The molecule has 8 nitrogen and oxygen atoms in total. The first-order valence-corrected chi connectivity index (χ1v) is 11.8. The number of rotatable bonds is 7. The van der Waals surface area contributed by atoms with Gasteiger partial charge in [-0.3, -0.25) is 9.48 Å². The molecule has 0 atom stereocenters. The van der Waals surface area contributed by atoms with Crippen LogP contribution < -0.4 is 16.2 Å². The number of aryl methyl sites for hydroxylation is 1. The number of halogens is 1. The average molecular weight is 483 g/mol. The molecule has 0 radical (unpaired) electrons. The van der Waals surface area contributed by atoms with Crippen molar-refractivity contribution in [2.75, 3.05) is 10.6 Å². The van der Waals surface area contributed by atoms with Gasteiger partial charge in [-0.2, -0.15) is 9.50 Å². The Hall–Kier alpha value is -3.30. The molecule has 0 aliphatic heterocycles. The highest BCUT2D eigenvalue weighted by atomic mass is 35.5. The van der Waals surface area contributed by atoms with Gasteiger partial charge in [-0.1, -0.05) is 36.7 Å². The minimum Gasteiger partial charge on any atom is -0.307 e. The van der Waals surface area contributed by atoms with Gasteiger partial charge in [-0.15, -0.1) is 11.8 Å². The first-order chi connectivity index (χ1) is 16.0. The summed E-state index contributed by atoms with van der Waals surface area (Å²) in [5, 5.41) is 6.30. The molecule has 0 aliphatic carbocycles. The first-order valence-electron chi connectivity index (χ1n) is 10.5. The van der Waals surface area contributed by atoms with Crippen molar-refractivity contribution < 1.29 is 4.79 Å². The summed E-state index contributed by atoms with van der Waals surface area (Å²) in [4.78, 5) is 34.8. The molecular formula is C23H23ClN6O2S. The predicted octanol–water partition coefficient (Wildman–Crippen LogP) is 5.20. The number of hydrogen-bond acceptors (Lipinski definition) is 5. The van der Waals surface area contributed by atoms with E-state index >= 15 is 0 Å². The molecule has 10 heteroatoms. The van der Waals surface area contributed by atoms with E-state index in [1.54, 1.807) is 29.2 Å². The second kappa shape index (κ2) is 10.1. The number of benzene rings is 2. The molecule has 0 saturated heterocycles. The first kappa shape index (κ1) is 22.9. The van der Waals surface area contributed by atoms with E-state index in [0.29, 0.717) is 40.2 Å². The third-order valence-corrected chi connectivity index (χ3v) is 6.49. The van der Waals surface area contributed by atoms with Gasteiger partial charge in [0.05, 0.1) is 11.4 Å². The number of anilines is 2. The SMILES string of the molecule is CCCn1cnc2nc(CSc3ccccc3NC(=O)Nc3cccc(Cl)c3C)cc(=O)n21. The Kier molecular flexibility index (Phi) is 7.00. The van der Waals surface area contributed by atoms with E-state index < -0.39 is 0 Å². The fraction of sp³-hybridized carbons (Fsp3) is 0.217. The Labute approximate surface area is 200 Å². The Morgan fingerprint density at radius 2 is 1.88 bits per heavy atom. The highest BCUT2D eigenvalue weighted by molar-refractivity contribution is 7.98. The zero-order valence-electron chi connectivity index (χ0n) is 18.2. The van der Waals surface area contributed by atoms with Crippen LogP contribution in [0, 0.1) is 6.92 Å². The monoisotopic (exact) mass is 482 g/mol. The lowest BCUT2D eigenvalue weighted by Gasteiger charge is -2.13. The number of para-hydroxylation sites is 1. The van der Waals surface area contributed by atoms with Crippen LogP contribution in [-0.4, -0.2) is 25.2 Å². The number of nitrogens with one attached hydrogen (secondary N) is 2. The molecule has 0 spiro atoms. The van der Waals surface area contributed by atoms with Crippen molar-refractivity contribution in [3.05, 3.63) is 81.5 Å². The molecule has 0 fully saturated rings. The summed E-state index contributed by atoms with van der Waals surface area (Å²) in [6.45, 7) is 4.58. The fourth-order valence-corrected chi connectivity index (χ4v) is 4.41. The van der Waals surface area contributed by atoms with Gasteiger partial charge in [-0.25, -0.2) is 9.78 Å². The molecule has 170 valence electrons. The van der Waals surface area contributed by atoms with Gasteiger partial charge in [0, 0.05) is 34.0 Å². The number of fused-ring (bicyclic) bond motifs is 1. The molecule has 0 bridgehead atoms. The van der Waals surface area contributed by atoms with Crippen LogP contribution >= 0.6 is 23.4 Å². The fourth-order valence-electron chi connectivity index (χ4n) is 3.33. The van der Waals surface area contributed by atoms with Crippen molar-refractivity contribution in [1.82, 2.24) is 19.2 Å². The number of urea groups is 1. The van der Waals surface area contributed by atoms with E-state index in [4.69, 9.17) is 11.6 Å². The third-order valence-electron chi connectivity index (χ3n) is 4.97. The molecule has 0 saturated carbocycles. The minimum absolute atomic E-state index is 0.163. The molecule has 2 aromatic heterocycles. The third kappa shape index (κ3) is 5.20. The Bertz CT molecular complexity index is 1370. The molecule has 2 amide bonds. The molecule has 2 aromatic carbocycles. The van der Waals surface area contributed by atoms with Gasteiger partial charge in [0.15, 0.2) is 0 Å². The number of thioether (sulfide) groups is 1. The molecular weight excluding hydrogens is 460 g/mol. The molecule has 2 N–H and O–H groups in total. The molecule has 0 aliphatic rings. The van der Waals surface area contributed by atoms with Gasteiger partial charge >= 0.3 is 6.03 Å². The van der Waals surface area contributed by atoms with Crippen LogP contribution in [0.15, 0.2) is 64.5 Å². The summed E-state index contributed by atoms with van der Waals surface area (Å²) < 4.78 is 3.25. The van der Waals surface area contributed by atoms with Crippen LogP contribution in [0.25, 0.3) is 5.78 Å². The Morgan fingerprint density at radius 3 is 2.70 bits per heavy atom. The van der Waals surface area contributed by atoms with Crippen LogP contribution in [0.4, 0.5) is 16.2 Å². The smallest absolute Gasteiger partial charge is 0.307 e. The second-order valence-electron chi connectivity index (χ2n) is 7.38. The van der Waals surface area contributed by atoms with Crippen LogP contribution in [0.2, 0.25) is 5.02 Å². The molecule has 0 unspecified atom stereocenters. The van der Waals surface area contributed by atoms with E-state index in [0.717, 1.165) is 16.9 Å². The number of carbonyl (C=O) groups excluding carboxylic acids is 1. The van der Waals surface area contributed by atoms with Crippen molar-refractivity contribution >= 4 is 46.5 Å². The number of carbonyl (C=O) groups is 1. The predicted molar refractivity (Wildman–Crippen MR) is 132 cm³/mol. The maximum absolute atomic E-state index is 12.6. The zero-order valence-corrected chi connectivity index (χ0v) is 19.8. The summed E-state index contributed by atoms with van der Waals surface area (Å²) in [5.74, 6) is 0.842. The topological polar surface area (TPSA) is 93.3 Å². The van der Waals surface area contributed by atoms with Gasteiger partial charge in [0.2, 0.25) is 0 Å². The van der Waals surface area contributed by atoms with E-state index in [1.807, 2.05) is 38.1 Å². The van der Waals surface area contributed by atoms with Crippen molar-refractivity contribution in [2.45, 2.75) is 37.5 Å². The average Bonchev–Trinajstić information content (AvgIpc) is 3.20. The highest BCUT2D eigenvalue weighted by Crippen LogP contribution is 2.30. The summed E-state index contributed by atoms with van der Waals surface area (Å²) >= 11 is 7.62. The van der Waals surface area contributed by atoms with E-state index in [-0.39, 0.29) is 11.6 Å². The molecule has 33 heavy (non-hydrogen) atoms. The molecule has 2 heterocycles. The molecule has 4 aromatic rings. The number of nitrogens with zero attached hydrogens (tertiary/aromatic N) is 4. The lowest BCUT2D eigenvalue weighted by Crippen LogP contribution is -2.21. The summed E-state index contributed by atoms with van der Waals surface area (Å²) in [6.07, 6.45) is 2.52. The van der Waals surface area contributed by atoms with E-state index in [2.05, 4.69) is 20.6 Å². The standard InChI is InChI=1S/C23H23ClN6O2S/c1-3-11-29-14-25-22-26-16(12-21(31)30(22)29)13-33-20-10-5-4-8-19(20)28-23(32)27-18-9-6-7-17(24)15(18)2/h4-10,12,14H,3,11,13H2,1-2H3,(H2,27,28,32). The maximum Gasteiger partial charge on any atom is 0.323 e. The highest BCUT2D eigenvalue weighted by Gasteiger charge is 2.12. The minimum atomic E-state index is -0.368. The Balaban J connectivity index is 1.47. The van der Waals surface area contributed by atoms with Crippen molar-refractivity contribution in [1.29, 1.82) is 0 Å². The van der Waals surface area contributed by atoms with Crippen LogP contribution in [-0.2, 0) is 12.3 Å². The number of amides is 2. The van der Waals surface area contributed by atoms with E-state index in [9.17, 15) is 9.59 Å². The summed E-state index contributed by atoms with van der Waals surface area (Å²) in [6, 6.07) is 14.0. The quantitative estimate of drug-likeness (QED) is 0.353. The lowest BCUT2D eigenvalue weighted by molar-refractivity contribution is 0.262. The molecule has 4 rings (SSSR count). The maximum atomic E-state index is 12.6. The van der Waals surface area contributed by atoms with Crippen LogP contribution in [0.3, 0.4) is 0 Å². The van der Waals surface area contributed by atoms with E-state index in [1.165, 1.54) is 22.3 Å². The van der Waals surface area contributed by atoms with Gasteiger partial charge in [0.1, 0.15) is 6.33 Å². The number of aromatic nitrogens is 4. The van der Waals surface area contributed by atoms with Crippen molar-refractivity contribution in [3.63, 3.8) is 0 Å². The van der Waals surface area contributed by atoms with Crippen molar-refractivity contribution in [3.8, 4) is 0 Å². The van der Waals surface area contributed by atoms with Gasteiger partial charge < -0.3 is 10.6 Å². The Morgan fingerprint density at radius 1 is 1.12 bits per heavy atom. The van der Waals surface area contributed by atoms with Crippen LogP contribution in [0.5, 0.6) is 0 Å².